The molecular formula is C18H20N4O. The largest absolute Gasteiger partial charge is 0.335 e. The minimum Gasteiger partial charge on any atom is -0.335 e. The van der Waals surface area contributed by atoms with E-state index in [-0.39, 0.29) is 5.91 Å². The number of hydrogen-bond acceptors (Lipinski definition) is 3. The van der Waals surface area contributed by atoms with Crippen molar-refractivity contribution in [3.8, 4) is 0 Å². The van der Waals surface area contributed by atoms with Crippen LogP contribution in [0.1, 0.15) is 46.9 Å². The zero-order valence-electron chi connectivity index (χ0n) is 13.3. The summed E-state index contributed by atoms with van der Waals surface area (Å²) < 4.78 is 1.88. The van der Waals surface area contributed by atoms with Crippen LogP contribution in [-0.4, -0.2) is 38.7 Å². The standard InChI is InChI=1S/C18H20N4O/c1-21-16(6-10-20-21)13-7-11-22(12-8-13)18(23)15-3-2-9-19-17(15)14-4-5-14/h2-3,6-7,9-10,14H,4-5,8,11-12H2,1H3. The van der Waals surface area contributed by atoms with E-state index in [0.29, 0.717) is 12.5 Å². The second kappa shape index (κ2) is 5.65. The normalized spacial score (nSPS) is 18.0. The van der Waals surface area contributed by atoms with Crippen LogP contribution in [0.3, 0.4) is 0 Å². The van der Waals surface area contributed by atoms with Crippen molar-refractivity contribution in [3.05, 3.63) is 53.6 Å². The fraction of sp³-hybridized carbons (Fsp3) is 0.389. The summed E-state index contributed by atoms with van der Waals surface area (Å²) in [6.45, 7) is 1.40. The monoisotopic (exact) mass is 308 g/mol. The summed E-state index contributed by atoms with van der Waals surface area (Å²) in [5.41, 5.74) is 4.17. The highest BCUT2D eigenvalue weighted by Gasteiger charge is 2.31. The molecule has 2 aromatic rings. The Morgan fingerprint density at radius 2 is 2.13 bits per heavy atom. The summed E-state index contributed by atoms with van der Waals surface area (Å²) in [6.07, 6.45) is 8.92. The van der Waals surface area contributed by atoms with E-state index in [0.717, 1.165) is 42.8 Å². The van der Waals surface area contributed by atoms with Gasteiger partial charge in [0.1, 0.15) is 0 Å². The summed E-state index contributed by atoms with van der Waals surface area (Å²) in [6, 6.07) is 5.80. The first kappa shape index (κ1) is 14.2. The van der Waals surface area contributed by atoms with E-state index >= 15 is 0 Å². The predicted molar refractivity (Wildman–Crippen MR) is 87.9 cm³/mol. The molecule has 0 unspecified atom stereocenters. The van der Waals surface area contributed by atoms with E-state index in [9.17, 15) is 4.79 Å². The number of hydrogen-bond donors (Lipinski definition) is 0. The van der Waals surface area contributed by atoms with Gasteiger partial charge >= 0.3 is 0 Å². The first-order valence-electron chi connectivity index (χ1n) is 8.15. The summed E-state index contributed by atoms with van der Waals surface area (Å²) in [5.74, 6) is 0.598. The highest BCUT2D eigenvalue weighted by atomic mass is 16.2. The quantitative estimate of drug-likeness (QED) is 0.876. The molecule has 0 radical (unpaired) electrons. The third-order valence-electron chi connectivity index (χ3n) is 4.68. The summed E-state index contributed by atoms with van der Waals surface area (Å²) >= 11 is 0. The number of amides is 1. The number of aromatic nitrogens is 3. The van der Waals surface area contributed by atoms with E-state index in [1.165, 1.54) is 5.57 Å². The van der Waals surface area contributed by atoms with Crippen LogP contribution in [-0.2, 0) is 7.05 Å². The van der Waals surface area contributed by atoms with E-state index < -0.39 is 0 Å². The molecule has 2 aliphatic rings. The Balaban J connectivity index is 1.53. The predicted octanol–water partition coefficient (Wildman–Crippen LogP) is 2.62. The highest BCUT2D eigenvalue weighted by Crippen LogP contribution is 2.40. The Morgan fingerprint density at radius 3 is 2.78 bits per heavy atom. The van der Waals surface area contributed by atoms with Gasteiger partial charge in [-0.25, -0.2) is 0 Å². The Bertz CT molecular complexity index is 773. The topological polar surface area (TPSA) is 51.0 Å². The van der Waals surface area contributed by atoms with Crippen molar-refractivity contribution in [1.82, 2.24) is 19.7 Å². The average Bonchev–Trinajstić information content (AvgIpc) is 3.36. The van der Waals surface area contributed by atoms with Gasteiger partial charge in [-0.2, -0.15) is 5.10 Å². The smallest absolute Gasteiger partial charge is 0.256 e. The molecule has 23 heavy (non-hydrogen) atoms. The molecule has 4 rings (SSSR count). The van der Waals surface area contributed by atoms with Crippen molar-refractivity contribution >= 4 is 11.5 Å². The van der Waals surface area contributed by atoms with Crippen LogP contribution in [0.25, 0.3) is 5.57 Å². The first-order valence-corrected chi connectivity index (χ1v) is 8.15. The molecule has 0 aromatic carbocycles. The van der Waals surface area contributed by atoms with Gasteiger partial charge in [-0.15, -0.1) is 0 Å². The fourth-order valence-electron chi connectivity index (χ4n) is 3.23. The van der Waals surface area contributed by atoms with Crippen LogP contribution in [0.15, 0.2) is 36.7 Å². The average molecular weight is 308 g/mol. The van der Waals surface area contributed by atoms with Gasteiger partial charge in [-0.1, -0.05) is 6.08 Å². The second-order valence-corrected chi connectivity index (χ2v) is 6.28. The molecule has 5 heteroatoms. The molecule has 1 amide bonds. The maximum Gasteiger partial charge on any atom is 0.256 e. The van der Waals surface area contributed by atoms with Gasteiger partial charge in [-0.3, -0.25) is 14.5 Å². The molecule has 5 nitrogen and oxygen atoms in total. The van der Waals surface area contributed by atoms with E-state index in [1.54, 1.807) is 6.20 Å². The highest BCUT2D eigenvalue weighted by molar-refractivity contribution is 5.96. The van der Waals surface area contributed by atoms with Crippen LogP contribution in [0.5, 0.6) is 0 Å². The van der Waals surface area contributed by atoms with Crippen LogP contribution in [0, 0.1) is 0 Å². The summed E-state index contributed by atoms with van der Waals surface area (Å²) in [7, 11) is 1.95. The molecule has 2 aromatic heterocycles. The van der Waals surface area contributed by atoms with Crippen LogP contribution in [0.4, 0.5) is 0 Å². The van der Waals surface area contributed by atoms with Gasteiger partial charge in [-0.05, 0) is 43.0 Å². The maximum absolute atomic E-state index is 12.9. The van der Waals surface area contributed by atoms with E-state index in [1.807, 2.05) is 41.0 Å². The minimum absolute atomic E-state index is 0.111. The number of nitrogens with zero attached hydrogens (tertiary/aromatic N) is 4. The number of pyridine rings is 1. The molecule has 0 spiro atoms. The molecule has 118 valence electrons. The Morgan fingerprint density at radius 1 is 1.26 bits per heavy atom. The summed E-state index contributed by atoms with van der Waals surface area (Å²) in [4.78, 5) is 19.2. The second-order valence-electron chi connectivity index (χ2n) is 6.28. The molecule has 0 N–H and O–H groups in total. The van der Waals surface area contributed by atoms with Crippen molar-refractivity contribution in [2.45, 2.75) is 25.2 Å². The molecule has 1 aliphatic carbocycles. The molecule has 0 bridgehead atoms. The minimum atomic E-state index is 0.111. The van der Waals surface area contributed by atoms with Crippen molar-refractivity contribution in [3.63, 3.8) is 0 Å². The molecule has 3 heterocycles. The van der Waals surface area contributed by atoms with E-state index in [2.05, 4.69) is 16.2 Å². The maximum atomic E-state index is 12.9. The van der Waals surface area contributed by atoms with Crippen molar-refractivity contribution in [2.24, 2.45) is 7.05 Å². The number of aryl methyl sites for hydroxylation is 1. The summed E-state index contributed by atoms with van der Waals surface area (Å²) in [5, 5.41) is 4.22. The third-order valence-corrected chi connectivity index (χ3v) is 4.68. The zero-order valence-corrected chi connectivity index (χ0v) is 13.3. The molecule has 1 saturated carbocycles. The number of rotatable bonds is 3. The molecule has 1 aliphatic heterocycles. The van der Waals surface area contributed by atoms with Crippen molar-refractivity contribution in [2.75, 3.05) is 13.1 Å². The molecular weight excluding hydrogens is 288 g/mol. The molecule has 0 saturated heterocycles. The Hall–Kier alpha value is -2.43. The van der Waals surface area contributed by atoms with Gasteiger partial charge in [0.2, 0.25) is 0 Å². The third kappa shape index (κ3) is 2.67. The Labute approximate surface area is 135 Å². The Kier molecular flexibility index (Phi) is 3.48. The fourth-order valence-corrected chi connectivity index (χ4v) is 3.23. The first-order chi connectivity index (χ1) is 11.2. The number of carbonyl (C=O) groups excluding carboxylic acids is 1. The van der Waals surface area contributed by atoms with Gasteiger partial charge in [0.15, 0.2) is 0 Å². The van der Waals surface area contributed by atoms with Crippen LogP contribution < -0.4 is 0 Å². The molecule has 0 atom stereocenters. The van der Waals surface area contributed by atoms with E-state index in [4.69, 9.17) is 0 Å². The van der Waals surface area contributed by atoms with Crippen LogP contribution >= 0.6 is 0 Å². The van der Waals surface area contributed by atoms with Gasteiger partial charge in [0, 0.05) is 38.4 Å². The lowest BCUT2D eigenvalue weighted by molar-refractivity contribution is 0.0771. The SMILES string of the molecule is Cn1nccc1C1=CCN(C(=O)c2cccnc2C2CC2)CC1. The van der Waals surface area contributed by atoms with Gasteiger partial charge < -0.3 is 4.90 Å². The van der Waals surface area contributed by atoms with Crippen molar-refractivity contribution in [1.29, 1.82) is 0 Å². The van der Waals surface area contributed by atoms with Crippen molar-refractivity contribution < 1.29 is 4.79 Å². The van der Waals surface area contributed by atoms with Crippen LogP contribution in [0.2, 0.25) is 0 Å². The number of carbonyl (C=O) groups is 1. The lowest BCUT2D eigenvalue weighted by Crippen LogP contribution is -2.35. The lowest BCUT2D eigenvalue weighted by Gasteiger charge is -2.27. The molecule has 1 fully saturated rings. The zero-order chi connectivity index (χ0) is 15.8. The van der Waals surface area contributed by atoms with Gasteiger partial charge in [0.25, 0.3) is 5.91 Å². The lowest BCUT2D eigenvalue weighted by atomic mass is 10.0. The van der Waals surface area contributed by atoms with Gasteiger partial charge in [0.05, 0.1) is 17.0 Å².